The number of oxazole rings is 1. The van der Waals surface area contributed by atoms with E-state index < -0.39 is 5.91 Å². The molecule has 3 aromatic heterocycles. The lowest BCUT2D eigenvalue weighted by Gasteiger charge is -2.05. The van der Waals surface area contributed by atoms with E-state index in [0.717, 1.165) is 0 Å². The van der Waals surface area contributed by atoms with Crippen molar-refractivity contribution in [2.75, 3.05) is 5.73 Å². The van der Waals surface area contributed by atoms with Gasteiger partial charge in [-0.3, -0.25) is 4.79 Å². The number of anilines is 1. The van der Waals surface area contributed by atoms with Crippen LogP contribution in [0.15, 0.2) is 45.9 Å². The van der Waals surface area contributed by atoms with Gasteiger partial charge in [-0.05, 0) is 12.1 Å². The fourth-order valence-electron chi connectivity index (χ4n) is 1.69. The first kappa shape index (κ1) is 12.9. The summed E-state index contributed by atoms with van der Waals surface area (Å²) in [5.74, 6) is 0.864. The molecule has 0 aliphatic carbocycles. The van der Waals surface area contributed by atoms with Crippen LogP contribution in [-0.4, -0.2) is 20.9 Å². The Morgan fingerprint density at radius 1 is 1.29 bits per heavy atom. The zero-order valence-corrected chi connectivity index (χ0v) is 10.8. The highest BCUT2D eigenvalue weighted by atomic mass is 16.3. The molecule has 1 amide bonds. The van der Waals surface area contributed by atoms with E-state index in [9.17, 15) is 4.79 Å². The molecule has 21 heavy (non-hydrogen) atoms. The lowest BCUT2D eigenvalue weighted by Crippen LogP contribution is -2.24. The zero-order chi connectivity index (χ0) is 14.7. The molecule has 0 bridgehead atoms. The fraction of sp³-hybridized carbons (Fsp3) is 0.0769. The minimum atomic E-state index is -0.406. The van der Waals surface area contributed by atoms with Crippen molar-refractivity contribution in [3.63, 3.8) is 0 Å². The van der Waals surface area contributed by atoms with Gasteiger partial charge in [0.1, 0.15) is 12.1 Å². The quantitative estimate of drug-likeness (QED) is 0.739. The number of amides is 1. The summed E-state index contributed by atoms with van der Waals surface area (Å²) >= 11 is 0. The molecule has 0 radical (unpaired) electrons. The van der Waals surface area contributed by atoms with Gasteiger partial charge < -0.3 is 19.9 Å². The third kappa shape index (κ3) is 2.73. The second-order valence-electron chi connectivity index (χ2n) is 4.08. The molecule has 8 heteroatoms. The Bertz CT molecular complexity index is 737. The van der Waals surface area contributed by atoms with E-state index in [1.807, 2.05) is 0 Å². The van der Waals surface area contributed by atoms with Crippen molar-refractivity contribution in [2.24, 2.45) is 0 Å². The third-order valence-corrected chi connectivity index (χ3v) is 2.69. The number of aromatic nitrogens is 3. The Kier molecular flexibility index (Phi) is 3.34. The Morgan fingerprint density at radius 2 is 2.19 bits per heavy atom. The van der Waals surface area contributed by atoms with Crippen LogP contribution in [0.2, 0.25) is 0 Å². The lowest BCUT2D eigenvalue weighted by atomic mass is 10.2. The average Bonchev–Trinajstić information content (AvgIpc) is 3.18. The van der Waals surface area contributed by atoms with Gasteiger partial charge in [0.25, 0.3) is 5.91 Å². The molecule has 0 saturated carbocycles. The molecule has 0 aliphatic heterocycles. The smallest absolute Gasteiger partial charge is 0.257 e. The van der Waals surface area contributed by atoms with Crippen LogP contribution in [0.5, 0.6) is 0 Å². The van der Waals surface area contributed by atoms with Gasteiger partial charge in [0, 0.05) is 6.20 Å². The molecular formula is C13H11N5O3. The van der Waals surface area contributed by atoms with E-state index in [1.54, 1.807) is 12.1 Å². The van der Waals surface area contributed by atoms with Crippen LogP contribution in [-0.2, 0) is 6.54 Å². The van der Waals surface area contributed by atoms with Crippen molar-refractivity contribution in [1.29, 1.82) is 0 Å². The summed E-state index contributed by atoms with van der Waals surface area (Å²) in [7, 11) is 0. The van der Waals surface area contributed by atoms with E-state index in [4.69, 9.17) is 14.6 Å². The third-order valence-electron chi connectivity index (χ3n) is 2.69. The molecule has 0 aliphatic rings. The van der Waals surface area contributed by atoms with Gasteiger partial charge in [-0.2, -0.15) is 0 Å². The minimum absolute atomic E-state index is 0.0707. The molecule has 0 atom stereocenters. The molecule has 3 heterocycles. The summed E-state index contributed by atoms with van der Waals surface area (Å²) in [6.45, 7) is 0.158. The molecule has 3 aromatic rings. The maximum Gasteiger partial charge on any atom is 0.257 e. The fourth-order valence-corrected chi connectivity index (χ4v) is 1.69. The lowest BCUT2D eigenvalue weighted by molar-refractivity contribution is 0.0947. The van der Waals surface area contributed by atoms with E-state index >= 15 is 0 Å². The number of furan rings is 1. The van der Waals surface area contributed by atoms with Crippen molar-refractivity contribution in [3.8, 4) is 11.6 Å². The van der Waals surface area contributed by atoms with Gasteiger partial charge in [-0.15, -0.1) is 0 Å². The monoisotopic (exact) mass is 285 g/mol. The second-order valence-corrected chi connectivity index (χ2v) is 4.08. The van der Waals surface area contributed by atoms with Gasteiger partial charge in [0.05, 0.1) is 24.6 Å². The van der Waals surface area contributed by atoms with Crippen LogP contribution in [0.3, 0.4) is 0 Å². The van der Waals surface area contributed by atoms with Crippen molar-refractivity contribution >= 4 is 11.7 Å². The van der Waals surface area contributed by atoms with Crippen molar-refractivity contribution in [2.45, 2.75) is 6.54 Å². The molecular weight excluding hydrogens is 274 g/mol. The largest absolute Gasteiger partial charge is 0.461 e. The number of nitrogens with one attached hydrogen (secondary N) is 1. The molecule has 8 nitrogen and oxygen atoms in total. The second kappa shape index (κ2) is 5.45. The summed E-state index contributed by atoms with van der Waals surface area (Å²) in [5.41, 5.74) is 5.96. The van der Waals surface area contributed by atoms with E-state index in [2.05, 4.69) is 20.3 Å². The van der Waals surface area contributed by atoms with Crippen LogP contribution >= 0.6 is 0 Å². The number of carbonyl (C=O) groups is 1. The van der Waals surface area contributed by atoms with E-state index in [1.165, 1.54) is 24.9 Å². The van der Waals surface area contributed by atoms with Crippen LogP contribution in [0.1, 0.15) is 16.2 Å². The molecule has 3 rings (SSSR count). The van der Waals surface area contributed by atoms with Gasteiger partial charge >= 0.3 is 0 Å². The summed E-state index contributed by atoms with van der Waals surface area (Å²) in [5, 5.41) is 2.62. The first-order chi connectivity index (χ1) is 10.2. The highest BCUT2D eigenvalue weighted by molar-refractivity contribution is 5.98. The Hall–Kier alpha value is -3.16. The Morgan fingerprint density at radius 3 is 2.86 bits per heavy atom. The highest BCUT2D eigenvalue weighted by Crippen LogP contribution is 2.17. The predicted molar refractivity (Wildman–Crippen MR) is 71.8 cm³/mol. The maximum atomic E-state index is 12.0. The summed E-state index contributed by atoms with van der Waals surface area (Å²) < 4.78 is 10.2. The Labute approximate surface area is 119 Å². The SMILES string of the molecule is Nc1nc(-c2ccco2)ncc1C(=O)NCc1ncco1. The molecule has 0 spiro atoms. The number of nitrogens with two attached hydrogens (primary N) is 1. The normalized spacial score (nSPS) is 10.5. The molecule has 0 saturated heterocycles. The first-order valence-corrected chi connectivity index (χ1v) is 6.07. The van der Waals surface area contributed by atoms with Gasteiger partial charge in [0.2, 0.25) is 5.89 Å². The average molecular weight is 285 g/mol. The molecule has 3 N–H and O–H groups in total. The number of nitrogens with zero attached hydrogens (tertiary/aromatic N) is 3. The van der Waals surface area contributed by atoms with Crippen LogP contribution in [0.4, 0.5) is 5.82 Å². The van der Waals surface area contributed by atoms with Gasteiger partial charge in [0.15, 0.2) is 11.6 Å². The predicted octanol–water partition coefficient (Wildman–Crippen LogP) is 1.24. The number of hydrogen-bond donors (Lipinski definition) is 2. The van der Waals surface area contributed by atoms with Crippen LogP contribution in [0, 0.1) is 0 Å². The standard InChI is InChI=1S/C13H11N5O3/c14-11-8(13(19)17-7-10-15-3-5-21-10)6-16-12(18-11)9-2-1-4-20-9/h1-6H,7H2,(H,17,19)(H2,14,16,18). The Balaban J connectivity index is 1.74. The van der Waals surface area contributed by atoms with Crippen molar-refractivity contribution < 1.29 is 13.6 Å². The molecule has 106 valence electrons. The maximum absolute atomic E-state index is 12.0. The van der Waals surface area contributed by atoms with Gasteiger partial charge in [-0.25, -0.2) is 15.0 Å². The van der Waals surface area contributed by atoms with Crippen LogP contribution < -0.4 is 11.1 Å². The zero-order valence-electron chi connectivity index (χ0n) is 10.8. The highest BCUT2D eigenvalue weighted by Gasteiger charge is 2.14. The van der Waals surface area contributed by atoms with Crippen LogP contribution in [0.25, 0.3) is 11.6 Å². The summed E-state index contributed by atoms with van der Waals surface area (Å²) in [6, 6.07) is 3.42. The number of carbonyl (C=O) groups excluding carboxylic acids is 1. The van der Waals surface area contributed by atoms with Gasteiger partial charge in [-0.1, -0.05) is 0 Å². The van der Waals surface area contributed by atoms with Crippen molar-refractivity contribution in [3.05, 3.63) is 48.5 Å². The molecule has 0 aromatic carbocycles. The first-order valence-electron chi connectivity index (χ1n) is 6.07. The molecule has 0 fully saturated rings. The summed E-state index contributed by atoms with van der Waals surface area (Å²) in [6.07, 6.45) is 5.78. The topological polar surface area (TPSA) is 120 Å². The molecule has 0 unspecified atom stereocenters. The number of nitrogen functional groups attached to an aromatic ring is 1. The minimum Gasteiger partial charge on any atom is -0.461 e. The number of rotatable bonds is 4. The van der Waals surface area contributed by atoms with Crippen molar-refractivity contribution in [1.82, 2.24) is 20.3 Å². The number of hydrogen-bond acceptors (Lipinski definition) is 7. The van der Waals surface area contributed by atoms with E-state index in [0.29, 0.717) is 17.5 Å². The summed E-state index contributed by atoms with van der Waals surface area (Å²) in [4.78, 5) is 24.0. The van der Waals surface area contributed by atoms with E-state index in [-0.39, 0.29) is 17.9 Å².